The van der Waals surface area contributed by atoms with Gasteiger partial charge in [-0.2, -0.15) is 5.26 Å². The largest absolute Gasteiger partial charge is 0.481 e. The van der Waals surface area contributed by atoms with E-state index in [9.17, 15) is 4.79 Å². The number of hydrogen-bond donors (Lipinski definition) is 1. The fourth-order valence-electron chi connectivity index (χ4n) is 2.37. The topological polar surface area (TPSA) is 64.3 Å². The number of carboxylic acids is 1. The van der Waals surface area contributed by atoms with E-state index >= 15 is 0 Å². The lowest BCUT2D eigenvalue weighted by atomic mass is 9.78. The lowest BCUT2D eigenvalue weighted by Crippen LogP contribution is -2.51. The molecule has 0 aromatic rings. The van der Waals surface area contributed by atoms with Crippen LogP contribution in [0.15, 0.2) is 0 Å². The highest BCUT2D eigenvalue weighted by Gasteiger charge is 2.44. The zero-order valence-electron chi connectivity index (χ0n) is 8.72. The van der Waals surface area contributed by atoms with Crippen LogP contribution < -0.4 is 0 Å². The van der Waals surface area contributed by atoms with Gasteiger partial charge in [-0.1, -0.05) is 0 Å². The molecule has 4 nitrogen and oxygen atoms in total. The summed E-state index contributed by atoms with van der Waals surface area (Å²) in [7, 11) is 0. The average Bonchev–Trinajstić information content (AvgIpc) is 2.91. The van der Waals surface area contributed by atoms with Crippen molar-refractivity contribution >= 4 is 5.97 Å². The molecule has 2 aliphatic rings. The van der Waals surface area contributed by atoms with Crippen LogP contribution in [0.2, 0.25) is 0 Å². The van der Waals surface area contributed by atoms with Crippen molar-refractivity contribution in [1.29, 1.82) is 5.26 Å². The Bertz CT molecular complexity index is 293. The molecule has 0 heterocycles. The summed E-state index contributed by atoms with van der Waals surface area (Å²) in [6.07, 6.45) is 4.65. The SMILES string of the molecule is N#CCCN(C1CC1)C1CCC1C(=O)O. The van der Waals surface area contributed by atoms with E-state index < -0.39 is 5.97 Å². The van der Waals surface area contributed by atoms with Gasteiger partial charge < -0.3 is 5.11 Å². The van der Waals surface area contributed by atoms with Crippen LogP contribution in [0.5, 0.6) is 0 Å². The minimum absolute atomic E-state index is 0.190. The molecule has 2 atom stereocenters. The number of rotatable bonds is 5. The minimum Gasteiger partial charge on any atom is -0.481 e. The summed E-state index contributed by atoms with van der Waals surface area (Å²) >= 11 is 0. The molecule has 2 fully saturated rings. The highest BCUT2D eigenvalue weighted by molar-refractivity contribution is 5.72. The van der Waals surface area contributed by atoms with Gasteiger partial charge in [0.25, 0.3) is 0 Å². The first-order valence-corrected chi connectivity index (χ1v) is 5.59. The van der Waals surface area contributed by atoms with Gasteiger partial charge in [-0.15, -0.1) is 0 Å². The van der Waals surface area contributed by atoms with Crippen LogP contribution in [-0.4, -0.2) is 34.6 Å². The Balaban J connectivity index is 1.93. The van der Waals surface area contributed by atoms with Crippen molar-refractivity contribution in [3.63, 3.8) is 0 Å². The third kappa shape index (κ3) is 2.13. The Morgan fingerprint density at radius 2 is 2.13 bits per heavy atom. The van der Waals surface area contributed by atoms with E-state index in [1.165, 1.54) is 12.8 Å². The Labute approximate surface area is 89.5 Å². The van der Waals surface area contributed by atoms with E-state index in [-0.39, 0.29) is 12.0 Å². The molecule has 0 aromatic heterocycles. The first kappa shape index (κ1) is 10.4. The maximum absolute atomic E-state index is 10.9. The molecule has 0 aromatic carbocycles. The summed E-state index contributed by atoms with van der Waals surface area (Å²) in [6, 6.07) is 2.90. The second kappa shape index (κ2) is 4.19. The first-order chi connectivity index (χ1) is 7.24. The number of carboxylic acid groups (broad SMARTS) is 1. The van der Waals surface area contributed by atoms with Crippen LogP contribution in [0.4, 0.5) is 0 Å². The van der Waals surface area contributed by atoms with E-state index in [0.29, 0.717) is 12.5 Å². The lowest BCUT2D eigenvalue weighted by molar-refractivity contribution is -0.149. The smallest absolute Gasteiger partial charge is 0.308 e. The van der Waals surface area contributed by atoms with E-state index in [4.69, 9.17) is 10.4 Å². The molecule has 82 valence electrons. The molecule has 0 spiro atoms. The van der Waals surface area contributed by atoms with Gasteiger partial charge in [-0.05, 0) is 25.7 Å². The molecular weight excluding hydrogens is 192 g/mol. The fraction of sp³-hybridized carbons (Fsp3) is 0.818. The molecule has 2 aliphatic carbocycles. The van der Waals surface area contributed by atoms with Crippen molar-refractivity contribution in [2.75, 3.05) is 6.54 Å². The van der Waals surface area contributed by atoms with Crippen LogP contribution in [0.25, 0.3) is 0 Å². The number of carbonyl (C=O) groups is 1. The molecular formula is C11H16N2O2. The summed E-state index contributed by atoms with van der Waals surface area (Å²) in [4.78, 5) is 13.2. The predicted molar refractivity (Wildman–Crippen MR) is 54.1 cm³/mol. The molecule has 2 unspecified atom stereocenters. The molecule has 1 N–H and O–H groups in total. The van der Waals surface area contributed by atoms with Crippen LogP contribution in [0.3, 0.4) is 0 Å². The molecule has 0 radical (unpaired) electrons. The molecule has 4 heteroatoms. The van der Waals surface area contributed by atoms with Crippen molar-refractivity contribution in [1.82, 2.24) is 4.90 Å². The second-order valence-electron chi connectivity index (χ2n) is 4.47. The normalized spacial score (nSPS) is 29.6. The number of nitrogens with zero attached hydrogens (tertiary/aromatic N) is 2. The summed E-state index contributed by atoms with van der Waals surface area (Å²) < 4.78 is 0. The fourth-order valence-corrected chi connectivity index (χ4v) is 2.37. The first-order valence-electron chi connectivity index (χ1n) is 5.59. The quantitative estimate of drug-likeness (QED) is 0.738. The highest BCUT2D eigenvalue weighted by Crippen LogP contribution is 2.39. The Morgan fingerprint density at radius 1 is 1.40 bits per heavy atom. The van der Waals surface area contributed by atoms with Crippen molar-refractivity contribution in [2.24, 2.45) is 5.92 Å². The van der Waals surface area contributed by atoms with Gasteiger partial charge in [0.15, 0.2) is 0 Å². The number of aliphatic carboxylic acids is 1. The van der Waals surface area contributed by atoms with Crippen molar-refractivity contribution in [2.45, 2.75) is 44.2 Å². The standard InChI is InChI=1S/C11H16N2O2/c12-6-1-7-13(8-2-3-8)10-5-4-9(10)11(14)15/h8-10H,1-5,7H2,(H,14,15). The van der Waals surface area contributed by atoms with E-state index in [1.807, 2.05) is 0 Å². The number of hydrogen-bond acceptors (Lipinski definition) is 3. The van der Waals surface area contributed by atoms with Gasteiger partial charge in [0.05, 0.1) is 12.0 Å². The van der Waals surface area contributed by atoms with Gasteiger partial charge in [0.1, 0.15) is 0 Å². The van der Waals surface area contributed by atoms with E-state index in [1.54, 1.807) is 0 Å². The summed E-state index contributed by atoms with van der Waals surface area (Å²) in [5, 5.41) is 17.6. The third-order valence-electron chi connectivity index (χ3n) is 3.48. The predicted octanol–water partition coefficient (Wildman–Crippen LogP) is 1.23. The Hall–Kier alpha value is -1.08. The molecule has 0 saturated heterocycles. The molecule has 0 amide bonds. The van der Waals surface area contributed by atoms with Crippen LogP contribution in [0, 0.1) is 17.2 Å². The monoisotopic (exact) mass is 208 g/mol. The lowest BCUT2D eigenvalue weighted by Gasteiger charge is -2.42. The summed E-state index contributed by atoms with van der Waals surface area (Å²) in [5.74, 6) is -0.863. The zero-order valence-corrected chi connectivity index (χ0v) is 8.72. The van der Waals surface area contributed by atoms with Gasteiger partial charge in [0, 0.05) is 25.0 Å². The van der Waals surface area contributed by atoms with Crippen molar-refractivity contribution in [3.05, 3.63) is 0 Å². The molecule has 0 aliphatic heterocycles. The Morgan fingerprint density at radius 3 is 2.53 bits per heavy atom. The van der Waals surface area contributed by atoms with Gasteiger partial charge in [0.2, 0.25) is 0 Å². The zero-order chi connectivity index (χ0) is 10.8. The third-order valence-corrected chi connectivity index (χ3v) is 3.48. The Kier molecular flexibility index (Phi) is 2.92. The molecule has 15 heavy (non-hydrogen) atoms. The minimum atomic E-state index is -0.672. The summed E-state index contributed by atoms with van der Waals surface area (Å²) in [6.45, 7) is 0.746. The summed E-state index contributed by atoms with van der Waals surface area (Å²) in [5.41, 5.74) is 0. The molecule has 0 bridgehead atoms. The average molecular weight is 208 g/mol. The highest BCUT2D eigenvalue weighted by atomic mass is 16.4. The second-order valence-corrected chi connectivity index (χ2v) is 4.47. The van der Waals surface area contributed by atoms with Crippen LogP contribution in [0.1, 0.15) is 32.1 Å². The van der Waals surface area contributed by atoms with Crippen LogP contribution >= 0.6 is 0 Å². The van der Waals surface area contributed by atoms with Crippen molar-refractivity contribution < 1.29 is 9.90 Å². The molecule has 2 saturated carbocycles. The molecule has 2 rings (SSSR count). The maximum Gasteiger partial charge on any atom is 0.308 e. The van der Waals surface area contributed by atoms with Crippen LogP contribution in [-0.2, 0) is 4.79 Å². The van der Waals surface area contributed by atoms with Gasteiger partial charge in [-0.3, -0.25) is 9.69 Å². The van der Waals surface area contributed by atoms with E-state index in [0.717, 1.165) is 19.4 Å². The van der Waals surface area contributed by atoms with Crippen molar-refractivity contribution in [3.8, 4) is 6.07 Å². The maximum atomic E-state index is 10.9. The van der Waals surface area contributed by atoms with Gasteiger partial charge in [-0.25, -0.2) is 0 Å². The van der Waals surface area contributed by atoms with Gasteiger partial charge >= 0.3 is 5.97 Å². The van der Waals surface area contributed by atoms with E-state index in [2.05, 4.69) is 11.0 Å². The number of nitriles is 1.